The molecule has 1 fully saturated rings. The lowest BCUT2D eigenvalue weighted by Crippen LogP contribution is -2.37. The first-order chi connectivity index (χ1) is 8.75. The summed E-state index contributed by atoms with van der Waals surface area (Å²) < 4.78 is 5.52. The Morgan fingerprint density at radius 2 is 2.16 bits per heavy atom. The normalized spacial score (nSPS) is 17.6. The van der Waals surface area contributed by atoms with Crippen LogP contribution in [0.2, 0.25) is 0 Å². The van der Waals surface area contributed by atoms with Crippen molar-refractivity contribution in [2.75, 3.05) is 32.1 Å². The van der Waals surface area contributed by atoms with Crippen molar-refractivity contribution in [1.29, 1.82) is 0 Å². The van der Waals surface area contributed by atoms with Crippen molar-refractivity contribution in [2.24, 2.45) is 0 Å². The molecule has 0 radical (unpaired) electrons. The number of anilines is 1. The Morgan fingerprint density at radius 1 is 1.42 bits per heavy atom. The molecule has 1 aromatic carbocycles. The molecule has 19 heavy (non-hydrogen) atoms. The third-order valence-corrected chi connectivity index (χ3v) is 3.14. The van der Waals surface area contributed by atoms with Crippen molar-refractivity contribution in [2.45, 2.75) is 18.9 Å². The summed E-state index contributed by atoms with van der Waals surface area (Å²) in [6.45, 7) is 1.84. The van der Waals surface area contributed by atoms with Gasteiger partial charge in [0, 0.05) is 25.9 Å². The van der Waals surface area contributed by atoms with Crippen molar-refractivity contribution in [3.05, 3.63) is 30.3 Å². The van der Waals surface area contributed by atoms with Gasteiger partial charge in [0.2, 0.25) is 5.91 Å². The molecule has 0 aliphatic carbocycles. The number of carbonyl (C=O) groups is 1. The van der Waals surface area contributed by atoms with E-state index in [2.05, 4.69) is 5.32 Å². The van der Waals surface area contributed by atoms with E-state index in [4.69, 9.17) is 4.74 Å². The van der Waals surface area contributed by atoms with Crippen molar-refractivity contribution in [3.8, 4) is 0 Å². The van der Waals surface area contributed by atoms with Gasteiger partial charge in [0.1, 0.15) is 0 Å². The van der Waals surface area contributed by atoms with Gasteiger partial charge >= 0.3 is 0 Å². The lowest BCUT2D eigenvalue weighted by atomic mass is 10.2. The standard InChI is InChI=1S/C14H20N2O2.ClH/c1-16(11-13-8-5-9-18-13)14(17)10-15-12-6-3-2-4-7-12;/h2-4,6-7,13,15H,5,8-11H2,1H3;1H. The monoisotopic (exact) mass is 284 g/mol. The molecule has 1 aliphatic rings. The van der Waals surface area contributed by atoms with Gasteiger partial charge in [-0.2, -0.15) is 0 Å². The number of likely N-dealkylation sites (N-methyl/N-ethyl adjacent to an activating group) is 1. The van der Waals surface area contributed by atoms with Gasteiger partial charge in [-0.3, -0.25) is 4.79 Å². The van der Waals surface area contributed by atoms with Gasteiger partial charge in [-0.05, 0) is 25.0 Å². The van der Waals surface area contributed by atoms with Crippen LogP contribution in [0.25, 0.3) is 0 Å². The molecule has 0 bridgehead atoms. The number of carbonyl (C=O) groups excluding carboxylic acids is 1. The number of benzene rings is 1. The second kappa shape index (κ2) is 8.02. The maximum Gasteiger partial charge on any atom is 0.241 e. The highest BCUT2D eigenvalue weighted by molar-refractivity contribution is 5.85. The van der Waals surface area contributed by atoms with E-state index in [-0.39, 0.29) is 24.4 Å². The zero-order valence-corrected chi connectivity index (χ0v) is 12.0. The SMILES string of the molecule is CN(CC1CCCO1)C(=O)CNc1ccccc1.Cl. The summed E-state index contributed by atoms with van der Waals surface area (Å²) in [5.41, 5.74) is 0.969. The van der Waals surface area contributed by atoms with Crippen LogP contribution < -0.4 is 5.32 Å². The van der Waals surface area contributed by atoms with Crippen molar-refractivity contribution in [3.63, 3.8) is 0 Å². The summed E-state index contributed by atoms with van der Waals surface area (Å²) in [6.07, 6.45) is 2.38. The van der Waals surface area contributed by atoms with E-state index < -0.39 is 0 Å². The summed E-state index contributed by atoms with van der Waals surface area (Å²) >= 11 is 0. The summed E-state index contributed by atoms with van der Waals surface area (Å²) in [6, 6.07) is 9.75. The Kier molecular flexibility index (Phi) is 6.67. The van der Waals surface area contributed by atoms with Crippen LogP contribution in [0.5, 0.6) is 0 Å². The molecule has 1 heterocycles. The minimum atomic E-state index is 0. The van der Waals surface area contributed by atoms with Crippen molar-refractivity contribution < 1.29 is 9.53 Å². The van der Waals surface area contributed by atoms with E-state index in [1.165, 1.54) is 0 Å². The number of para-hydroxylation sites is 1. The zero-order chi connectivity index (χ0) is 12.8. The van der Waals surface area contributed by atoms with Crippen LogP contribution in [-0.4, -0.2) is 43.7 Å². The van der Waals surface area contributed by atoms with E-state index >= 15 is 0 Å². The minimum absolute atomic E-state index is 0. The first-order valence-electron chi connectivity index (χ1n) is 6.40. The van der Waals surface area contributed by atoms with Crippen molar-refractivity contribution in [1.82, 2.24) is 4.90 Å². The molecule has 1 amide bonds. The van der Waals surface area contributed by atoms with Gasteiger partial charge in [0.15, 0.2) is 0 Å². The summed E-state index contributed by atoms with van der Waals surface area (Å²) in [5.74, 6) is 0.0920. The Hall–Kier alpha value is -1.26. The molecule has 4 nitrogen and oxygen atoms in total. The predicted molar refractivity (Wildman–Crippen MR) is 78.8 cm³/mol. The fraction of sp³-hybridized carbons (Fsp3) is 0.500. The molecule has 106 valence electrons. The maximum absolute atomic E-state index is 11.9. The maximum atomic E-state index is 11.9. The van der Waals surface area contributed by atoms with E-state index in [1.807, 2.05) is 37.4 Å². The molecule has 0 aromatic heterocycles. The fourth-order valence-electron chi connectivity index (χ4n) is 2.06. The molecule has 1 aromatic rings. The Morgan fingerprint density at radius 3 is 2.79 bits per heavy atom. The largest absolute Gasteiger partial charge is 0.376 e. The number of halogens is 1. The van der Waals surface area contributed by atoms with Crippen LogP contribution in [-0.2, 0) is 9.53 Å². The van der Waals surface area contributed by atoms with Crippen LogP contribution in [0.3, 0.4) is 0 Å². The number of amides is 1. The Labute approximate surface area is 120 Å². The van der Waals surface area contributed by atoms with E-state index in [0.29, 0.717) is 13.1 Å². The number of nitrogens with zero attached hydrogens (tertiary/aromatic N) is 1. The number of hydrogen-bond acceptors (Lipinski definition) is 3. The average Bonchev–Trinajstić information content (AvgIpc) is 2.90. The van der Waals surface area contributed by atoms with Crippen LogP contribution in [0.15, 0.2) is 30.3 Å². The third-order valence-electron chi connectivity index (χ3n) is 3.14. The number of hydrogen-bond donors (Lipinski definition) is 1. The molecule has 1 atom stereocenters. The molecular weight excluding hydrogens is 264 g/mol. The molecule has 1 aliphatic heterocycles. The molecule has 1 N–H and O–H groups in total. The highest BCUT2D eigenvalue weighted by Crippen LogP contribution is 2.12. The molecular formula is C14H21ClN2O2. The summed E-state index contributed by atoms with van der Waals surface area (Å²) in [7, 11) is 1.83. The smallest absolute Gasteiger partial charge is 0.241 e. The lowest BCUT2D eigenvalue weighted by Gasteiger charge is -2.21. The van der Waals surface area contributed by atoms with Crippen LogP contribution in [0.1, 0.15) is 12.8 Å². The molecule has 0 saturated carbocycles. The van der Waals surface area contributed by atoms with Gasteiger partial charge in [-0.15, -0.1) is 12.4 Å². The van der Waals surface area contributed by atoms with E-state index in [1.54, 1.807) is 4.90 Å². The van der Waals surface area contributed by atoms with Crippen molar-refractivity contribution >= 4 is 24.0 Å². The first-order valence-corrected chi connectivity index (χ1v) is 6.40. The third kappa shape index (κ3) is 5.09. The van der Waals surface area contributed by atoms with Crippen LogP contribution in [0, 0.1) is 0 Å². The summed E-state index contributed by atoms with van der Waals surface area (Å²) in [4.78, 5) is 13.7. The van der Waals surface area contributed by atoms with E-state index in [9.17, 15) is 4.79 Å². The number of ether oxygens (including phenoxy) is 1. The highest BCUT2D eigenvalue weighted by Gasteiger charge is 2.19. The predicted octanol–water partition coefficient (Wildman–Crippen LogP) is 2.16. The van der Waals surface area contributed by atoms with Gasteiger partial charge in [0.25, 0.3) is 0 Å². The van der Waals surface area contributed by atoms with Gasteiger partial charge in [-0.1, -0.05) is 18.2 Å². The second-order valence-electron chi connectivity index (χ2n) is 4.63. The molecule has 1 saturated heterocycles. The number of rotatable bonds is 5. The minimum Gasteiger partial charge on any atom is -0.376 e. The molecule has 1 unspecified atom stereocenters. The molecule has 5 heteroatoms. The number of nitrogens with one attached hydrogen (secondary N) is 1. The zero-order valence-electron chi connectivity index (χ0n) is 11.2. The Balaban J connectivity index is 0.00000180. The average molecular weight is 285 g/mol. The Bertz CT molecular complexity index is 380. The molecule has 2 rings (SSSR count). The van der Waals surface area contributed by atoms with Crippen LogP contribution >= 0.6 is 12.4 Å². The lowest BCUT2D eigenvalue weighted by molar-refractivity contribution is -0.129. The second-order valence-corrected chi connectivity index (χ2v) is 4.63. The quantitative estimate of drug-likeness (QED) is 0.901. The first kappa shape index (κ1) is 15.8. The van der Waals surface area contributed by atoms with Gasteiger partial charge in [-0.25, -0.2) is 0 Å². The van der Waals surface area contributed by atoms with Gasteiger partial charge in [0.05, 0.1) is 12.6 Å². The fourth-order valence-corrected chi connectivity index (χ4v) is 2.06. The summed E-state index contributed by atoms with van der Waals surface area (Å²) in [5, 5.41) is 3.12. The molecule has 0 spiro atoms. The van der Waals surface area contributed by atoms with Crippen LogP contribution in [0.4, 0.5) is 5.69 Å². The van der Waals surface area contributed by atoms with Gasteiger partial charge < -0.3 is 15.0 Å². The topological polar surface area (TPSA) is 41.6 Å². The van der Waals surface area contributed by atoms with E-state index in [0.717, 1.165) is 25.1 Å². The highest BCUT2D eigenvalue weighted by atomic mass is 35.5.